The Balaban J connectivity index is 2.30. The summed E-state index contributed by atoms with van der Waals surface area (Å²) in [6.07, 6.45) is 1.16. The molecule has 15 heavy (non-hydrogen) atoms. The van der Waals surface area contributed by atoms with E-state index in [0.717, 1.165) is 25.2 Å². The van der Waals surface area contributed by atoms with Crippen LogP contribution in [0.4, 0.5) is 11.4 Å². The summed E-state index contributed by atoms with van der Waals surface area (Å²) in [7, 11) is 6.13. The van der Waals surface area contributed by atoms with Crippen molar-refractivity contribution in [2.75, 3.05) is 44.9 Å². The Morgan fingerprint density at radius 2 is 1.93 bits per heavy atom. The minimum absolute atomic E-state index is 1.02. The van der Waals surface area contributed by atoms with Crippen LogP contribution in [-0.4, -0.2) is 39.1 Å². The van der Waals surface area contributed by atoms with Gasteiger partial charge in [-0.15, -0.1) is 0 Å². The highest BCUT2D eigenvalue weighted by Crippen LogP contribution is 2.13. The van der Waals surface area contributed by atoms with E-state index in [2.05, 4.69) is 53.9 Å². The Morgan fingerprint density at radius 1 is 1.20 bits per heavy atom. The lowest BCUT2D eigenvalue weighted by Gasteiger charge is -2.11. The fourth-order valence-electron chi connectivity index (χ4n) is 1.41. The van der Waals surface area contributed by atoms with Gasteiger partial charge in [0.2, 0.25) is 0 Å². The summed E-state index contributed by atoms with van der Waals surface area (Å²) in [6.45, 7) is 2.14. The van der Waals surface area contributed by atoms with Crippen LogP contribution in [0.2, 0.25) is 0 Å². The van der Waals surface area contributed by atoms with Gasteiger partial charge in [-0.05, 0) is 45.3 Å². The van der Waals surface area contributed by atoms with Crippen LogP contribution in [-0.2, 0) is 0 Å². The first-order valence-electron chi connectivity index (χ1n) is 5.39. The van der Waals surface area contributed by atoms with Gasteiger partial charge in [0.05, 0.1) is 0 Å². The molecule has 0 aromatic heterocycles. The van der Waals surface area contributed by atoms with Gasteiger partial charge in [-0.25, -0.2) is 0 Å². The quantitative estimate of drug-likeness (QED) is 0.699. The molecule has 1 rings (SSSR count). The van der Waals surface area contributed by atoms with Crippen LogP contribution in [0.5, 0.6) is 0 Å². The normalized spacial score (nSPS) is 10.4. The van der Waals surface area contributed by atoms with Gasteiger partial charge in [-0.3, -0.25) is 0 Å². The molecule has 0 atom stereocenters. The minimum Gasteiger partial charge on any atom is -0.388 e. The molecule has 0 amide bonds. The molecule has 3 nitrogen and oxygen atoms in total. The van der Waals surface area contributed by atoms with Gasteiger partial charge in [-0.2, -0.15) is 0 Å². The molecule has 1 aromatic rings. The van der Waals surface area contributed by atoms with Crippen molar-refractivity contribution in [1.29, 1.82) is 0 Å². The van der Waals surface area contributed by atoms with Crippen LogP contribution in [0.1, 0.15) is 6.42 Å². The zero-order valence-corrected chi connectivity index (χ0v) is 9.88. The molecule has 0 radical (unpaired) electrons. The highest BCUT2D eigenvalue weighted by atomic mass is 15.1. The van der Waals surface area contributed by atoms with Gasteiger partial charge in [-0.1, -0.05) is 6.07 Å². The van der Waals surface area contributed by atoms with E-state index in [1.807, 2.05) is 7.05 Å². The van der Waals surface area contributed by atoms with Gasteiger partial charge in [0, 0.05) is 25.0 Å². The van der Waals surface area contributed by atoms with Crippen molar-refractivity contribution in [3.63, 3.8) is 0 Å². The summed E-state index contributed by atoms with van der Waals surface area (Å²) >= 11 is 0. The average molecular weight is 207 g/mol. The molecule has 0 saturated heterocycles. The fourth-order valence-corrected chi connectivity index (χ4v) is 1.41. The molecular weight excluding hydrogens is 186 g/mol. The van der Waals surface area contributed by atoms with E-state index in [1.165, 1.54) is 5.69 Å². The monoisotopic (exact) mass is 207 g/mol. The highest BCUT2D eigenvalue weighted by molar-refractivity contribution is 5.56. The predicted molar refractivity (Wildman–Crippen MR) is 67.6 cm³/mol. The molecule has 0 saturated carbocycles. The Labute approximate surface area is 92.5 Å². The van der Waals surface area contributed by atoms with E-state index in [1.54, 1.807) is 0 Å². The van der Waals surface area contributed by atoms with Crippen LogP contribution in [0, 0.1) is 0 Å². The second-order valence-corrected chi connectivity index (χ2v) is 3.91. The first-order valence-corrected chi connectivity index (χ1v) is 5.39. The van der Waals surface area contributed by atoms with Crippen molar-refractivity contribution in [3.8, 4) is 0 Å². The summed E-state index contributed by atoms with van der Waals surface area (Å²) in [6, 6.07) is 8.33. The summed E-state index contributed by atoms with van der Waals surface area (Å²) in [5.74, 6) is 0. The van der Waals surface area contributed by atoms with E-state index >= 15 is 0 Å². The van der Waals surface area contributed by atoms with Crippen molar-refractivity contribution in [3.05, 3.63) is 24.3 Å². The molecule has 0 unspecified atom stereocenters. The van der Waals surface area contributed by atoms with Gasteiger partial charge in [0.15, 0.2) is 0 Å². The average Bonchev–Trinajstić information content (AvgIpc) is 2.24. The predicted octanol–water partition coefficient (Wildman–Crippen LogP) is 2.09. The maximum Gasteiger partial charge on any atom is 0.0360 e. The lowest BCUT2D eigenvalue weighted by Crippen LogP contribution is -2.16. The van der Waals surface area contributed by atoms with Gasteiger partial charge < -0.3 is 15.5 Å². The maximum atomic E-state index is 3.41. The zero-order valence-electron chi connectivity index (χ0n) is 9.88. The van der Waals surface area contributed by atoms with Crippen LogP contribution < -0.4 is 10.6 Å². The molecule has 0 aliphatic heterocycles. The highest BCUT2D eigenvalue weighted by Gasteiger charge is 1.94. The number of benzene rings is 1. The molecule has 0 bridgehead atoms. The smallest absolute Gasteiger partial charge is 0.0360 e. The Kier molecular flexibility index (Phi) is 4.98. The van der Waals surface area contributed by atoms with E-state index < -0.39 is 0 Å². The topological polar surface area (TPSA) is 27.3 Å². The van der Waals surface area contributed by atoms with Crippen LogP contribution in [0.3, 0.4) is 0 Å². The van der Waals surface area contributed by atoms with Gasteiger partial charge in [0.1, 0.15) is 0 Å². The number of nitrogens with zero attached hydrogens (tertiary/aromatic N) is 1. The molecule has 0 heterocycles. The molecule has 0 fully saturated rings. The van der Waals surface area contributed by atoms with E-state index in [9.17, 15) is 0 Å². The SMILES string of the molecule is CNc1cccc(NCCCN(C)C)c1. The number of anilines is 2. The maximum absolute atomic E-state index is 3.41. The molecule has 1 aromatic carbocycles. The largest absolute Gasteiger partial charge is 0.388 e. The second kappa shape index (κ2) is 6.30. The van der Waals surface area contributed by atoms with Crippen molar-refractivity contribution in [2.45, 2.75) is 6.42 Å². The molecule has 2 N–H and O–H groups in total. The summed E-state index contributed by atoms with van der Waals surface area (Å²) in [4.78, 5) is 2.20. The molecule has 84 valence electrons. The number of nitrogens with one attached hydrogen (secondary N) is 2. The fraction of sp³-hybridized carbons (Fsp3) is 0.500. The van der Waals surface area contributed by atoms with Crippen molar-refractivity contribution >= 4 is 11.4 Å². The van der Waals surface area contributed by atoms with Crippen LogP contribution in [0.25, 0.3) is 0 Å². The zero-order chi connectivity index (χ0) is 11.1. The summed E-state index contributed by atoms with van der Waals surface area (Å²) in [5, 5.41) is 6.54. The Morgan fingerprint density at radius 3 is 2.60 bits per heavy atom. The van der Waals surface area contributed by atoms with E-state index in [0.29, 0.717) is 0 Å². The van der Waals surface area contributed by atoms with E-state index in [4.69, 9.17) is 0 Å². The molecule has 0 aliphatic rings. The standard InChI is InChI=1S/C12H21N3/c1-13-11-6-4-7-12(10-11)14-8-5-9-15(2)3/h4,6-7,10,13-14H,5,8-9H2,1-3H3. The third-order valence-corrected chi connectivity index (χ3v) is 2.26. The first kappa shape index (κ1) is 11.9. The van der Waals surface area contributed by atoms with Gasteiger partial charge in [0.25, 0.3) is 0 Å². The second-order valence-electron chi connectivity index (χ2n) is 3.91. The van der Waals surface area contributed by atoms with Crippen molar-refractivity contribution in [1.82, 2.24) is 4.90 Å². The molecule has 0 aliphatic carbocycles. The van der Waals surface area contributed by atoms with E-state index in [-0.39, 0.29) is 0 Å². The summed E-state index contributed by atoms with van der Waals surface area (Å²) in [5.41, 5.74) is 2.33. The number of rotatable bonds is 6. The van der Waals surface area contributed by atoms with Crippen molar-refractivity contribution in [2.24, 2.45) is 0 Å². The number of hydrogen-bond donors (Lipinski definition) is 2. The molecular formula is C12H21N3. The third kappa shape index (κ3) is 4.70. The summed E-state index contributed by atoms with van der Waals surface area (Å²) < 4.78 is 0. The lowest BCUT2D eigenvalue weighted by atomic mass is 10.2. The van der Waals surface area contributed by atoms with Crippen LogP contribution >= 0.6 is 0 Å². The Bertz CT molecular complexity index is 284. The Hall–Kier alpha value is -1.22. The first-order chi connectivity index (χ1) is 7.22. The minimum atomic E-state index is 1.02. The molecule has 0 spiro atoms. The third-order valence-electron chi connectivity index (χ3n) is 2.26. The number of hydrogen-bond acceptors (Lipinski definition) is 3. The van der Waals surface area contributed by atoms with Gasteiger partial charge >= 0.3 is 0 Å². The lowest BCUT2D eigenvalue weighted by molar-refractivity contribution is 0.405. The van der Waals surface area contributed by atoms with Crippen molar-refractivity contribution < 1.29 is 0 Å². The van der Waals surface area contributed by atoms with Crippen LogP contribution in [0.15, 0.2) is 24.3 Å². The molecule has 3 heteroatoms.